The molecular formula is C34H32Cl3FN8. The summed E-state index contributed by atoms with van der Waals surface area (Å²) in [6.07, 6.45) is 5.44. The minimum Gasteiger partial charge on any atom is -0.371 e. The lowest BCUT2D eigenvalue weighted by Crippen LogP contribution is -2.46. The third kappa shape index (κ3) is 6.91. The molecule has 1 aliphatic heterocycles. The van der Waals surface area contributed by atoms with Crippen LogP contribution in [0.3, 0.4) is 0 Å². The first-order valence-corrected chi connectivity index (χ1v) is 16.1. The molecule has 0 saturated carbocycles. The molecule has 236 valence electrons. The van der Waals surface area contributed by atoms with E-state index in [0.717, 1.165) is 37.2 Å². The molecule has 8 nitrogen and oxygen atoms in total. The summed E-state index contributed by atoms with van der Waals surface area (Å²) < 4.78 is 16.1. The number of hydrogen-bond acceptors (Lipinski definition) is 7. The monoisotopic (exact) mass is 676 g/mol. The molecule has 3 aromatic carbocycles. The first-order chi connectivity index (χ1) is 22.0. The molecule has 1 atom stereocenters. The number of nitrogens with zero attached hydrogens (tertiary/aromatic N) is 6. The maximum absolute atomic E-state index is 14.2. The molecule has 1 fully saturated rings. The van der Waals surface area contributed by atoms with Gasteiger partial charge in [-0.25, -0.2) is 9.07 Å². The van der Waals surface area contributed by atoms with Crippen LogP contribution in [0.1, 0.15) is 62.5 Å². The number of rotatable bonds is 7. The number of fused-ring (bicyclic) bond motifs is 1. The first kappa shape index (κ1) is 32.0. The molecule has 0 bridgehead atoms. The number of benzene rings is 3. The molecule has 5 aromatic rings. The predicted octanol–water partition coefficient (Wildman–Crippen LogP) is 9.18. The van der Waals surface area contributed by atoms with Crippen LogP contribution in [0.5, 0.6) is 0 Å². The van der Waals surface area contributed by atoms with Gasteiger partial charge in [-0.1, -0.05) is 52.1 Å². The summed E-state index contributed by atoms with van der Waals surface area (Å²) >= 11 is 19.0. The number of nitriles is 1. The van der Waals surface area contributed by atoms with E-state index in [1.54, 1.807) is 18.2 Å². The van der Waals surface area contributed by atoms with E-state index in [9.17, 15) is 9.65 Å². The molecular weight excluding hydrogens is 646 g/mol. The third-order valence-corrected chi connectivity index (χ3v) is 8.99. The van der Waals surface area contributed by atoms with E-state index in [1.165, 1.54) is 18.3 Å². The van der Waals surface area contributed by atoms with Crippen LogP contribution in [0.25, 0.3) is 10.9 Å². The number of anilines is 3. The van der Waals surface area contributed by atoms with Crippen molar-refractivity contribution in [1.82, 2.24) is 24.9 Å². The van der Waals surface area contributed by atoms with E-state index in [0.29, 0.717) is 38.0 Å². The molecule has 6 rings (SSSR count). The Bertz CT molecular complexity index is 1900. The van der Waals surface area contributed by atoms with Crippen LogP contribution in [0.2, 0.25) is 15.1 Å². The lowest BCUT2D eigenvalue weighted by molar-refractivity contribution is 0.0866. The van der Waals surface area contributed by atoms with E-state index in [2.05, 4.69) is 57.7 Å². The van der Waals surface area contributed by atoms with Crippen molar-refractivity contribution in [3.8, 4) is 6.07 Å². The van der Waals surface area contributed by atoms with Gasteiger partial charge < -0.3 is 10.6 Å². The molecule has 0 amide bonds. The number of nitrogens with one attached hydrogen (secondary N) is 2. The maximum atomic E-state index is 14.2. The molecule has 2 N–H and O–H groups in total. The second kappa shape index (κ2) is 13.0. The van der Waals surface area contributed by atoms with Gasteiger partial charge in [0.05, 0.1) is 40.7 Å². The molecule has 0 spiro atoms. The standard InChI is InChI=1S/C34H32Cl3FN8/c1-34(2,3)45-10-8-27(9-11-45)46-19-30(43-44-46)32(20-4-6-22(35)7-5-20)42-29-15-24(37)14-28-31(21(17-39)18-40-33(28)29)41-26-13-23(36)12-25(38)16-26/h4-7,12-16,18-19,27,32,42H,8-11H2,1-3H3,(H,40,41)/t32-/m0/s1. The Kier molecular flexibility index (Phi) is 9.08. The topological polar surface area (TPSA) is 94.7 Å². The highest BCUT2D eigenvalue weighted by atomic mass is 35.5. The summed E-state index contributed by atoms with van der Waals surface area (Å²) in [5, 5.41) is 27.7. The second-order valence-corrected chi connectivity index (χ2v) is 13.7. The Morgan fingerprint density at radius 1 is 0.978 bits per heavy atom. The number of likely N-dealkylation sites (tertiary alicyclic amines) is 1. The van der Waals surface area contributed by atoms with E-state index in [1.807, 2.05) is 35.1 Å². The maximum Gasteiger partial charge on any atom is 0.126 e. The second-order valence-electron chi connectivity index (χ2n) is 12.4. The fourth-order valence-corrected chi connectivity index (χ4v) is 6.47. The van der Waals surface area contributed by atoms with Crippen molar-refractivity contribution in [2.24, 2.45) is 0 Å². The van der Waals surface area contributed by atoms with Crippen molar-refractivity contribution in [2.45, 2.75) is 51.2 Å². The number of halogens is 4. The predicted molar refractivity (Wildman–Crippen MR) is 183 cm³/mol. The van der Waals surface area contributed by atoms with Gasteiger partial charge in [-0.2, -0.15) is 5.26 Å². The normalized spacial score (nSPS) is 15.1. The highest BCUT2D eigenvalue weighted by Crippen LogP contribution is 2.38. The van der Waals surface area contributed by atoms with Crippen molar-refractivity contribution in [3.63, 3.8) is 0 Å². The van der Waals surface area contributed by atoms with Crippen molar-refractivity contribution < 1.29 is 4.39 Å². The minimum absolute atomic E-state index is 0.129. The Labute approximate surface area is 282 Å². The van der Waals surface area contributed by atoms with Gasteiger partial charge in [0.2, 0.25) is 0 Å². The molecule has 1 aliphatic rings. The van der Waals surface area contributed by atoms with Gasteiger partial charge in [0.25, 0.3) is 0 Å². The van der Waals surface area contributed by atoms with Gasteiger partial charge in [-0.05, 0) is 81.6 Å². The van der Waals surface area contributed by atoms with Crippen LogP contribution in [0.15, 0.2) is 67.0 Å². The average molecular weight is 678 g/mol. The Morgan fingerprint density at radius 2 is 1.70 bits per heavy atom. The summed E-state index contributed by atoms with van der Waals surface area (Å²) in [6.45, 7) is 8.72. The van der Waals surface area contributed by atoms with Crippen molar-refractivity contribution in [1.29, 1.82) is 5.26 Å². The van der Waals surface area contributed by atoms with Crippen molar-refractivity contribution in [3.05, 3.63) is 105 Å². The zero-order valence-electron chi connectivity index (χ0n) is 25.5. The Hall–Kier alpha value is -3.94. The van der Waals surface area contributed by atoms with Gasteiger partial charge in [-0.3, -0.25) is 9.88 Å². The highest BCUT2D eigenvalue weighted by molar-refractivity contribution is 6.32. The minimum atomic E-state index is -0.508. The number of aromatic nitrogens is 4. The number of pyridine rings is 1. The van der Waals surface area contributed by atoms with E-state index < -0.39 is 11.9 Å². The summed E-state index contributed by atoms with van der Waals surface area (Å²) in [6, 6.07) is 17.1. The van der Waals surface area contributed by atoms with E-state index in [4.69, 9.17) is 34.8 Å². The fourth-order valence-electron chi connectivity index (χ4n) is 5.91. The molecule has 0 unspecified atom stereocenters. The zero-order chi connectivity index (χ0) is 32.6. The summed E-state index contributed by atoms with van der Waals surface area (Å²) in [7, 11) is 0. The van der Waals surface area contributed by atoms with Gasteiger partial charge in [0, 0.05) is 51.0 Å². The average Bonchev–Trinajstić information content (AvgIpc) is 3.50. The Morgan fingerprint density at radius 3 is 2.37 bits per heavy atom. The Balaban J connectivity index is 1.38. The van der Waals surface area contributed by atoms with Crippen LogP contribution in [0, 0.1) is 17.1 Å². The summed E-state index contributed by atoms with van der Waals surface area (Å²) in [5.74, 6) is -0.508. The lowest BCUT2D eigenvalue weighted by Gasteiger charge is -2.40. The largest absolute Gasteiger partial charge is 0.371 e. The van der Waals surface area contributed by atoms with E-state index >= 15 is 0 Å². The molecule has 0 aliphatic carbocycles. The quantitative estimate of drug-likeness (QED) is 0.177. The van der Waals surface area contributed by atoms with Gasteiger partial charge in [0.1, 0.15) is 17.6 Å². The third-order valence-electron chi connectivity index (χ3n) is 8.30. The van der Waals surface area contributed by atoms with Gasteiger partial charge in [0.15, 0.2) is 0 Å². The molecule has 1 saturated heterocycles. The lowest BCUT2D eigenvalue weighted by atomic mass is 9.98. The highest BCUT2D eigenvalue weighted by Gasteiger charge is 2.29. The molecule has 12 heteroatoms. The first-order valence-electron chi connectivity index (χ1n) is 14.9. The van der Waals surface area contributed by atoms with Gasteiger partial charge >= 0.3 is 0 Å². The van der Waals surface area contributed by atoms with Crippen molar-refractivity contribution in [2.75, 3.05) is 23.7 Å². The number of hydrogen-bond donors (Lipinski definition) is 2. The van der Waals surface area contributed by atoms with Crippen LogP contribution in [-0.4, -0.2) is 43.5 Å². The van der Waals surface area contributed by atoms with Crippen LogP contribution in [-0.2, 0) is 0 Å². The van der Waals surface area contributed by atoms with E-state index in [-0.39, 0.29) is 22.2 Å². The van der Waals surface area contributed by atoms with Crippen molar-refractivity contribution >= 4 is 62.8 Å². The fraction of sp³-hybridized carbons (Fsp3) is 0.294. The molecule has 2 aromatic heterocycles. The SMILES string of the molecule is CC(C)(C)N1CCC(n2cc([C@@H](Nc3cc(Cl)cc4c(Nc5cc(F)cc(Cl)c5)c(C#N)cnc34)c3ccc(Cl)cc3)nn2)CC1. The van der Waals surface area contributed by atoms with Crippen LogP contribution in [0.4, 0.5) is 21.5 Å². The molecule has 3 heterocycles. The van der Waals surface area contributed by atoms with Crippen LogP contribution >= 0.6 is 34.8 Å². The smallest absolute Gasteiger partial charge is 0.126 e. The molecule has 46 heavy (non-hydrogen) atoms. The summed E-state index contributed by atoms with van der Waals surface area (Å²) in [4.78, 5) is 7.14. The van der Waals surface area contributed by atoms with Gasteiger partial charge in [-0.15, -0.1) is 5.10 Å². The summed E-state index contributed by atoms with van der Waals surface area (Å²) in [5.41, 5.74) is 3.99. The van der Waals surface area contributed by atoms with Crippen LogP contribution < -0.4 is 10.6 Å². The number of piperidine rings is 1. The molecule has 0 radical (unpaired) electrons. The zero-order valence-corrected chi connectivity index (χ0v) is 27.8.